The Hall–Kier alpha value is -2.38. The van der Waals surface area contributed by atoms with Crippen LogP contribution in [0, 0.1) is 6.92 Å². The van der Waals surface area contributed by atoms with Gasteiger partial charge >= 0.3 is 0 Å². The minimum Gasteiger partial charge on any atom is -0.369 e. The summed E-state index contributed by atoms with van der Waals surface area (Å²) in [6.45, 7) is 5.95. The minimum absolute atomic E-state index is 0.0737. The van der Waals surface area contributed by atoms with Crippen molar-refractivity contribution >= 4 is 33.8 Å². The number of carbonyl (C=O) groups excluding carboxylic acids is 2. The van der Waals surface area contributed by atoms with Crippen LogP contribution in [-0.4, -0.2) is 49.4 Å². The lowest BCUT2D eigenvalue weighted by Crippen LogP contribution is -2.48. The second-order valence-electron chi connectivity index (χ2n) is 7.88. The number of para-hydroxylation sites is 1. The maximum absolute atomic E-state index is 12.7. The number of thiophene rings is 1. The molecule has 2 aromatic rings. The average molecular weight is 413 g/mol. The molecule has 7 heteroatoms. The van der Waals surface area contributed by atoms with Gasteiger partial charge in [0.15, 0.2) is 0 Å². The molecule has 0 bridgehead atoms. The molecule has 1 fully saturated rings. The predicted octanol–water partition coefficient (Wildman–Crippen LogP) is 2.79. The van der Waals surface area contributed by atoms with Crippen LogP contribution in [-0.2, 0) is 17.6 Å². The van der Waals surface area contributed by atoms with Crippen LogP contribution in [0.3, 0.4) is 0 Å². The summed E-state index contributed by atoms with van der Waals surface area (Å²) >= 11 is 1.52. The fraction of sp³-hybridized carbons (Fsp3) is 0.455. The Morgan fingerprint density at radius 2 is 1.83 bits per heavy atom. The molecule has 6 nitrogen and oxygen atoms in total. The number of primary amides is 1. The van der Waals surface area contributed by atoms with Gasteiger partial charge in [-0.25, -0.2) is 0 Å². The third kappa shape index (κ3) is 4.31. The van der Waals surface area contributed by atoms with E-state index in [1.165, 1.54) is 27.5 Å². The number of hydrogen-bond donors (Lipinski definition) is 2. The van der Waals surface area contributed by atoms with Gasteiger partial charge in [0.1, 0.15) is 5.00 Å². The second kappa shape index (κ2) is 8.55. The summed E-state index contributed by atoms with van der Waals surface area (Å²) in [6, 6.07) is 8.41. The van der Waals surface area contributed by atoms with Gasteiger partial charge in [-0.2, -0.15) is 0 Å². The molecule has 1 aliphatic carbocycles. The Labute approximate surface area is 175 Å². The smallest absolute Gasteiger partial charge is 0.251 e. The Morgan fingerprint density at radius 3 is 2.55 bits per heavy atom. The molecule has 2 heterocycles. The summed E-state index contributed by atoms with van der Waals surface area (Å²) < 4.78 is 0. The number of hydrogen-bond acceptors (Lipinski definition) is 5. The summed E-state index contributed by atoms with van der Waals surface area (Å²) in [4.78, 5) is 30.4. The molecule has 1 aliphatic heterocycles. The van der Waals surface area contributed by atoms with Crippen LogP contribution >= 0.6 is 11.3 Å². The molecule has 0 saturated carbocycles. The number of carbonyl (C=O) groups is 2. The lowest BCUT2D eigenvalue weighted by molar-refractivity contribution is -0.117. The average Bonchev–Trinajstić information content (AvgIpc) is 3.07. The van der Waals surface area contributed by atoms with Crippen LogP contribution < -0.4 is 16.0 Å². The molecule has 2 amide bonds. The zero-order valence-electron chi connectivity index (χ0n) is 16.9. The summed E-state index contributed by atoms with van der Waals surface area (Å²) in [6.07, 6.45) is 4.05. The maximum Gasteiger partial charge on any atom is 0.251 e. The molecule has 2 aliphatic rings. The van der Waals surface area contributed by atoms with Crippen molar-refractivity contribution in [2.45, 2.75) is 32.6 Å². The van der Waals surface area contributed by atoms with E-state index in [-0.39, 0.29) is 5.91 Å². The highest BCUT2D eigenvalue weighted by Gasteiger charge is 2.26. The monoisotopic (exact) mass is 412 g/mol. The summed E-state index contributed by atoms with van der Waals surface area (Å²) in [7, 11) is 0. The Kier molecular flexibility index (Phi) is 5.87. The van der Waals surface area contributed by atoms with Gasteiger partial charge < -0.3 is 16.0 Å². The van der Waals surface area contributed by atoms with E-state index in [0.29, 0.717) is 17.1 Å². The van der Waals surface area contributed by atoms with Gasteiger partial charge in [-0.05, 0) is 49.8 Å². The quantitative estimate of drug-likeness (QED) is 0.792. The SMILES string of the molecule is Cc1ccccc1N1CCN(CC(=O)Nc2sc3c(c2C(N)=O)CCCC3)CC1. The number of rotatable bonds is 5. The number of fused-ring (bicyclic) bond motifs is 1. The Morgan fingerprint density at radius 1 is 1.10 bits per heavy atom. The molecule has 4 rings (SSSR count). The number of piperazine rings is 1. The standard InChI is InChI=1S/C22H28N4O2S/c1-15-6-2-4-8-17(15)26-12-10-25(11-13-26)14-19(27)24-22-20(21(23)28)16-7-3-5-9-18(16)29-22/h2,4,6,8H,3,5,7,9-14H2,1H3,(H2,23,28)(H,24,27). The first kappa shape index (κ1) is 19.9. The molecule has 1 aromatic heterocycles. The van der Waals surface area contributed by atoms with Crippen LogP contribution in [0.25, 0.3) is 0 Å². The molecule has 0 unspecified atom stereocenters. The van der Waals surface area contributed by atoms with Crippen LogP contribution in [0.1, 0.15) is 39.2 Å². The molecule has 29 heavy (non-hydrogen) atoms. The van der Waals surface area contributed by atoms with Gasteiger partial charge in [0.05, 0.1) is 12.1 Å². The summed E-state index contributed by atoms with van der Waals surface area (Å²) in [5.74, 6) is -0.512. The van der Waals surface area contributed by atoms with Crippen LogP contribution in [0.4, 0.5) is 10.7 Å². The molecular formula is C22H28N4O2S. The summed E-state index contributed by atoms with van der Waals surface area (Å²) in [5.41, 5.74) is 9.76. The number of benzene rings is 1. The van der Waals surface area contributed by atoms with E-state index < -0.39 is 5.91 Å². The normalized spacial score (nSPS) is 17.1. The Bertz CT molecular complexity index is 916. The first-order chi connectivity index (χ1) is 14.0. The van der Waals surface area contributed by atoms with E-state index in [1.54, 1.807) is 0 Å². The molecule has 1 aromatic carbocycles. The highest BCUT2D eigenvalue weighted by molar-refractivity contribution is 7.17. The van der Waals surface area contributed by atoms with Crippen molar-refractivity contribution in [1.82, 2.24) is 4.90 Å². The number of nitrogens with zero attached hydrogens (tertiary/aromatic N) is 2. The molecule has 1 saturated heterocycles. The fourth-order valence-corrected chi connectivity index (χ4v) is 5.66. The molecule has 0 radical (unpaired) electrons. The molecule has 3 N–H and O–H groups in total. The lowest BCUT2D eigenvalue weighted by Gasteiger charge is -2.36. The van der Waals surface area contributed by atoms with Gasteiger partial charge in [-0.15, -0.1) is 11.3 Å². The van der Waals surface area contributed by atoms with Gasteiger partial charge in [0, 0.05) is 36.7 Å². The van der Waals surface area contributed by atoms with Gasteiger partial charge in [0.25, 0.3) is 5.91 Å². The zero-order chi connectivity index (χ0) is 20.4. The van der Waals surface area contributed by atoms with Crippen molar-refractivity contribution in [3.8, 4) is 0 Å². The maximum atomic E-state index is 12.7. The highest BCUT2D eigenvalue weighted by Crippen LogP contribution is 2.37. The topological polar surface area (TPSA) is 78.7 Å². The number of nitrogens with two attached hydrogens (primary N) is 1. The van der Waals surface area contributed by atoms with E-state index in [9.17, 15) is 9.59 Å². The third-order valence-corrected chi connectivity index (χ3v) is 7.07. The van der Waals surface area contributed by atoms with Gasteiger partial charge in [-0.3, -0.25) is 14.5 Å². The first-order valence-electron chi connectivity index (χ1n) is 10.3. The predicted molar refractivity (Wildman–Crippen MR) is 118 cm³/mol. The van der Waals surface area contributed by atoms with E-state index in [0.717, 1.165) is 57.4 Å². The van der Waals surface area contributed by atoms with E-state index >= 15 is 0 Å². The Balaban J connectivity index is 1.36. The molecular weight excluding hydrogens is 384 g/mol. The second-order valence-corrected chi connectivity index (χ2v) is 8.98. The van der Waals surface area contributed by atoms with Gasteiger partial charge in [0.2, 0.25) is 5.91 Å². The number of amides is 2. The van der Waals surface area contributed by atoms with E-state index in [4.69, 9.17) is 5.73 Å². The minimum atomic E-state index is -0.438. The lowest BCUT2D eigenvalue weighted by atomic mass is 9.95. The van der Waals surface area contributed by atoms with E-state index in [2.05, 4.69) is 46.3 Å². The summed E-state index contributed by atoms with van der Waals surface area (Å²) in [5, 5.41) is 3.60. The van der Waals surface area contributed by atoms with Crippen LogP contribution in [0.5, 0.6) is 0 Å². The van der Waals surface area contributed by atoms with Crippen molar-refractivity contribution in [2.75, 3.05) is 42.9 Å². The third-order valence-electron chi connectivity index (χ3n) is 5.87. The highest BCUT2D eigenvalue weighted by atomic mass is 32.1. The number of aryl methyl sites for hydroxylation is 2. The molecule has 0 spiro atoms. The van der Waals surface area contributed by atoms with E-state index in [1.807, 2.05) is 0 Å². The van der Waals surface area contributed by atoms with Crippen LogP contribution in [0.15, 0.2) is 24.3 Å². The molecule has 154 valence electrons. The zero-order valence-corrected chi connectivity index (χ0v) is 17.7. The first-order valence-corrected chi connectivity index (χ1v) is 11.1. The fourth-order valence-electron chi connectivity index (χ4n) is 4.35. The van der Waals surface area contributed by atoms with Crippen molar-refractivity contribution < 1.29 is 9.59 Å². The van der Waals surface area contributed by atoms with Gasteiger partial charge in [-0.1, -0.05) is 18.2 Å². The number of anilines is 2. The largest absolute Gasteiger partial charge is 0.369 e. The van der Waals surface area contributed by atoms with Crippen molar-refractivity contribution in [1.29, 1.82) is 0 Å². The van der Waals surface area contributed by atoms with Crippen molar-refractivity contribution in [2.24, 2.45) is 5.73 Å². The van der Waals surface area contributed by atoms with Crippen LogP contribution in [0.2, 0.25) is 0 Å². The van der Waals surface area contributed by atoms with Crippen molar-refractivity contribution in [3.63, 3.8) is 0 Å². The molecule has 0 atom stereocenters. The number of nitrogens with one attached hydrogen (secondary N) is 1. The van der Waals surface area contributed by atoms with Crippen molar-refractivity contribution in [3.05, 3.63) is 45.8 Å².